The highest BCUT2D eigenvalue weighted by atomic mass is 16.2. The van der Waals surface area contributed by atoms with Crippen molar-refractivity contribution in [1.29, 1.82) is 0 Å². The summed E-state index contributed by atoms with van der Waals surface area (Å²) in [6, 6.07) is 31.6. The summed E-state index contributed by atoms with van der Waals surface area (Å²) in [4.78, 5) is 48.5. The summed E-state index contributed by atoms with van der Waals surface area (Å²) >= 11 is 0. The van der Waals surface area contributed by atoms with Gasteiger partial charge in [0.1, 0.15) is 12.1 Å². The van der Waals surface area contributed by atoms with Crippen LogP contribution in [0.5, 0.6) is 0 Å². The van der Waals surface area contributed by atoms with E-state index in [2.05, 4.69) is 54.5 Å². The summed E-state index contributed by atoms with van der Waals surface area (Å²) in [7, 11) is 0. The number of anilines is 1. The smallest absolute Gasteiger partial charge is 0.332 e. The molecule has 7 heteroatoms. The summed E-state index contributed by atoms with van der Waals surface area (Å²) in [6.45, 7) is 4.73. The quantitative estimate of drug-likeness (QED) is 0.208. The largest absolute Gasteiger partial charge is 0.356 e. The van der Waals surface area contributed by atoms with E-state index < -0.39 is 18.1 Å². The van der Waals surface area contributed by atoms with Crippen LogP contribution in [-0.2, 0) is 17.6 Å². The standard InChI is InChI=1S/C37H34N4O3/c1-23(2)25-16-18-26(19-17-25)34-33-29(27-12-6-8-14-30(27)39-33)22-32-36(43)41(37(44)40(32)34)31-15-9-7-13-28(31)35(42)38-21-20-24-10-4-3-5-11-24/h3-19,23,32,34,39H,20-22H2,1-2H3,(H,38,42)/t32-,34-/m0/s1. The van der Waals surface area contributed by atoms with Gasteiger partial charge in [-0.3, -0.25) is 14.5 Å². The van der Waals surface area contributed by atoms with E-state index in [0.717, 1.165) is 33.3 Å². The zero-order valence-electron chi connectivity index (χ0n) is 24.8. The van der Waals surface area contributed by atoms with Gasteiger partial charge in [-0.15, -0.1) is 0 Å². The summed E-state index contributed by atoms with van der Waals surface area (Å²) in [5.41, 5.74) is 6.81. The zero-order valence-corrected chi connectivity index (χ0v) is 24.8. The Hall–Kier alpha value is -5.17. The lowest BCUT2D eigenvalue weighted by Crippen LogP contribution is -2.44. The third kappa shape index (κ3) is 4.65. The summed E-state index contributed by atoms with van der Waals surface area (Å²) in [5, 5.41) is 4.03. The molecule has 220 valence electrons. The van der Waals surface area contributed by atoms with E-state index in [1.165, 1.54) is 10.5 Å². The second kappa shape index (κ2) is 11.2. The number of imide groups is 1. The third-order valence-corrected chi connectivity index (χ3v) is 8.90. The Morgan fingerprint density at radius 3 is 2.36 bits per heavy atom. The SMILES string of the molecule is CC(C)c1ccc([C@H]2c3[nH]c4ccccc4c3C[C@H]3C(=O)N(c4ccccc4C(=O)NCCc4ccccc4)C(=O)N23)cc1. The van der Waals surface area contributed by atoms with E-state index in [1.54, 1.807) is 29.2 Å². The van der Waals surface area contributed by atoms with Crippen LogP contribution in [0.25, 0.3) is 10.9 Å². The highest BCUT2D eigenvalue weighted by Crippen LogP contribution is 2.45. The fraction of sp³-hybridized carbons (Fsp3) is 0.216. The number of para-hydroxylation sites is 2. The first-order chi connectivity index (χ1) is 21.4. The molecule has 4 amide bonds. The van der Waals surface area contributed by atoms with Crippen molar-refractivity contribution in [2.75, 3.05) is 11.4 Å². The van der Waals surface area contributed by atoms with Gasteiger partial charge in [-0.1, -0.05) is 98.8 Å². The molecule has 5 aromatic rings. The van der Waals surface area contributed by atoms with Crippen molar-refractivity contribution in [3.63, 3.8) is 0 Å². The van der Waals surface area contributed by atoms with E-state index >= 15 is 0 Å². The van der Waals surface area contributed by atoms with Gasteiger partial charge in [-0.2, -0.15) is 0 Å². The Bertz CT molecular complexity index is 1880. The maximum Gasteiger partial charge on any atom is 0.332 e. The molecule has 2 atom stereocenters. The number of rotatable bonds is 7. The van der Waals surface area contributed by atoms with Crippen LogP contribution in [0.15, 0.2) is 103 Å². The number of carbonyl (C=O) groups excluding carboxylic acids is 3. The summed E-state index contributed by atoms with van der Waals surface area (Å²) < 4.78 is 0. The maximum absolute atomic E-state index is 14.4. The molecule has 0 unspecified atom stereocenters. The van der Waals surface area contributed by atoms with Crippen molar-refractivity contribution in [3.8, 4) is 0 Å². The number of H-pyrrole nitrogens is 1. The summed E-state index contributed by atoms with van der Waals surface area (Å²) in [5.74, 6) is -0.272. The van der Waals surface area contributed by atoms with Gasteiger partial charge in [0.15, 0.2) is 0 Å². The lowest BCUT2D eigenvalue weighted by Gasteiger charge is -2.36. The van der Waals surface area contributed by atoms with E-state index in [1.807, 2.05) is 48.5 Å². The Morgan fingerprint density at radius 2 is 1.59 bits per heavy atom. The molecule has 3 heterocycles. The molecule has 0 aliphatic carbocycles. The minimum atomic E-state index is -0.696. The van der Waals surface area contributed by atoms with Gasteiger partial charge in [0.25, 0.3) is 11.8 Å². The highest BCUT2D eigenvalue weighted by molar-refractivity contribution is 6.24. The van der Waals surface area contributed by atoms with Crippen molar-refractivity contribution >= 4 is 34.4 Å². The summed E-state index contributed by atoms with van der Waals surface area (Å²) in [6.07, 6.45) is 1.07. The molecule has 44 heavy (non-hydrogen) atoms. The number of hydrogen-bond donors (Lipinski definition) is 2. The van der Waals surface area contributed by atoms with E-state index in [9.17, 15) is 14.4 Å². The van der Waals surface area contributed by atoms with Crippen LogP contribution < -0.4 is 10.2 Å². The number of amides is 4. The molecule has 0 bridgehead atoms. The minimum absolute atomic E-state index is 0.295. The number of hydrogen-bond acceptors (Lipinski definition) is 3. The van der Waals surface area contributed by atoms with E-state index in [0.29, 0.717) is 36.6 Å². The molecular weight excluding hydrogens is 548 g/mol. The van der Waals surface area contributed by atoms with Crippen molar-refractivity contribution in [2.45, 2.75) is 44.7 Å². The predicted octanol–water partition coefficient (Wildman–Crippen LogP) is 6.75. The first-order valence-electron chi connectivity index (χ1n) is 15.2. The van der Waals surface area contributed by atoms with E-state index in [-0.39, 0.29) is 11.8 Å². The fourth-order valence-electron chi connectivity index (χ4n) is 6.63. The van der Waals surface area contributed by atoms with Crippen LogP contribution in [0, 0.1) is 0 Å². The van der Waals surface area contributed by atoms with Crippen molar-refractivity contribution in [1.82, 2.24) is 15.2 Å². The molecule has 0 saturated carbocycles. The number of benzene rings is 4. The van der Waals surface area contributed by atoms with Gasteiger partial charge in [0, 0.05) is 29.6 Å². The minimum Gasteiger partial charge on any atom is -0.356 e. The number of urea groups is 1. The maximum atomic E-state index is 14.4. The molecule has 1 saturated heterocycles. The molecule has 2 aliphatic heterocycles. The van der Waals surface area contributed by atoms with Crippen molar-refractivity contribution in [3.05, 3.63) is 137 Å². The third-order valence-electron chi connectivity index (χ3n) is 8.90. The second-order valence-electron chi connectivity index (χ2n) is 11.9. The number of aromatic nitrogens is 1. The molecule has 7 nitrogen and oxygen atoms in total. The molecule has 4 aromatic carbocycles. The number of nitrogens with one attached hydrogen (secondary N) is 2. The van der Waals surface area contributed by atoms with Crippen LogP contribution in [-0.4, -0.2) is 40.3 Å². The van der Waals surface area contributed by atoms with Crippen LogP contribution in [0.3, 0.4) is 0 Å². The molecule has 1 aromatic heterocycles. The molecule has 2 aliphatic rings. The van der Waals surface area contributed by atoms with Gasteiger partial charge in [-0.05, 0) is 52.8 Å². The molecule has 1 fully saturated rings. The van der Waals surface area contributed by atoms with Crippen molar-refractivity contribution in [2.24, 2.45) is 0 Å². The van der Waals surface area contributed by atoms with Gasteiger partial charge >= 0.3 is 6.03 Å². The van der Waals surface area contributed by atoms with Crippen LogP contribution in [0.2, 0.25) is 0 Å². The highest BCUT2D eigenvalue weighted by Gasteiger charge is 2.53. The zero-order chi connectivity index (χ0) is 30.4. The van der Waals surface area contributed by atoms with Crippen LogP contribution in [0.4, 0.5) is 10.5 Å². The van der Waals surface area contributed by atoms with Gasteiger partial charge < -0.3 is 10.3 Å². The number of carbonyl (C=O) groups is 3. The average Bonchev–Trinajstić information content (AvgIpc) is 3.54. The van der Waals surface area contributed by atoms with E-state index in [4.69, 9.17) is 0 Å². The molecular formula is C37H34N4O3. The van der Waals surface area contributed by atoms with Crippen LogP contribution >= 0.6 is 0 Å². The molecule has 7 rings (SSSR count). The fourth-order valence-corrected chi connectivity index (χ4v) is 6.63. The first-order valence-corrected chi connectivity index (χ1v) is 15.2. The number of nitrogens with zero attached hydrogens (tertiary/aromatic N) is 2. The predicted molar refractivity (Wildman–Crippen MR) is 172 cm³/mol. The molecule has 0 radical (unpaired) electrons. The lowest BCUT2D eigenvalue weighted by molar-refractivity contribution is -0.120. The Kier molecular flexibility index (Phi) is 7.01. The average molecular weight is 583 g/mol. The Labute approximate surface area is 256 Å². The van der Waals surface area contributed by atoms with Gasteiger partial charge in [0.2, 0.25) is 0 Å². The first kappa shape index (κ1) is 27.7. The van der Waals surface area contributed by atoms with Crippen LogP contribution in [0.1, 0.15) is 64.1 Å². The Morgan fingerprint density at radius 1 is 0.886 bits per heavy atom. The van der Waals surface area contributed by atoms with Gasteiger partial charge in [-0.25, -0.2) is 9.69 Å². The lowest BCUT2D eigenvalue weighted by atomic mass is 9.88. The topological polar surface area (TPSA) is 85.5 Å². The monoisotopic (exact) mass is 582 g/mol. The number of fused-ring (bicyclic) bond motifs is 4. The normalized spacial score (nSPS) is 17.7. The Balaban J connectivity index is 1.25. The number of aromatic amines is 1. The molecule has 2 N–H and O–H groups in total. The molecule has 0 spiro atoms. The van der Waals surface area contributed by atoms with Gasteiger partial charge in [0.05, 0.1) is 11.3 Å². The van der Waals surface area contributed by atoms with Crippen molar-refractivity contribution < 1.29 is 14.4 Å². The second-order valence-corrected chi connectivity index (χ2v) is 11.9.